The average molecular weight is 1520 g/mol. The van der Waals surface area contributed by atoms with Gasteiger partial charge in [0.2, 0.25) is 0 Å². The van der Waals surface area contributed by atoms with Gasteiger partial charge in [-0.25, -0.2) is 4.85 Å². The van der Waals surface area contributed by atoms with E-state index in [1.807, 2.05) is 0 Å². The van der Waals surface area contributed by atoms with Crippen LogP contribution in [0.1, 0.15) is 5.56 Å². The molecule has 20 rings (SSSR count). The summed E-state index contributed by atoms with van der Waals surface area (Å²) in [4.78, 5) is 9.44. The zero-order chi connectivity index (χ0) is 78.2. The zero-order valence-corrected chi connectivity index (χ0v) is 66.2. The second-order valence-corrected chi connectivity index (χ2v) is 37.9. The first kappa shape index (κ1) is 71.1. The maximum absolute atomic E-state index is 11.4. The van der Waals surface area contributed by atoms with Crippen molar-refractivity contribution in [1.82, 2.24) is 0 Å². The minimum absolute atomic E-state index is 0.428. The van der Waals surface area contributed by atoms with Gasteiger partial charge in [-0.05, 0) is 173 Å². The summed E-state index contributed by atoms with van der Waals surface area (Å²) in [5.74, 6) is 0. The Morgan fingerprint density at radius 1 is 0.239 bits per heavy atom. The van der Waals surface area contributed by atoms with E-state index in [0.29, 0.717) is 11.3 Å². The van der Waals surface area contributed by atoms with E-state index in [-0.39, 0.29) is 0 Å². The second kappa shape index (κ2) is 30.5. The van der Waals surface area contributed by atoms with Crippen LogP contribution >= 0.6 is 0 Å². The van der Waals surface area contributed by atoms with Gasteiger partial charge in [-0.3, -0.25) is 0 Å². The largest absolute Gasteiger partial charge is 0.310 e. The predicted molar refractivity (Wildman–Crippen MR) is 497 cm³/mol. The molecule has 0 aliphatic carbocycles. The smallest absolute Gasteiger partial charge is 0.252 e. The van der Waals surface area contributed by atoms with Gasteiger partial charge in [0.25, 0.3) is 6.71 Å². The van der Waals surface area contributed by atoms with E-state index in [4.69, 9.17) is 6.57 Å². The van der Waals surface area contributed by atoms with Crippen LogP contribution in [0.15, 0.2) is 455 Å². The van der Waals surface area contributed by atoms with Crippen LogP contribution in [0.2, 0.25) is 0 Å². The van der Waals surface area contributed by atoms with Crippen molar-refractivity contribution in [3.63, 3.8) is 0 Å². The first-order chi connectivity index (χ1) is 58.0. The van der Waals surface area contributed by atoms with Gasteiger partial charge in [-0.15, -0.1) is 0 Å². The van der Waals surface area contributed by atoms with Gasteiger partial charge in [0.1, 0.15) is 0 Å². The molecule has 117 heavy (non-hydrogen) atoms. The topological polar surface area (TPSA) is 34.6 Å². The van der Waals surface area contributed by atoms with Crippen LogP contribution in [-0.4, -0.2) is 22.9 Å². The van der Waals surface area contributed by atoms with Crippen molar-refractivity contribution in [1.29, 1.82) is 5.26 Å². The van der Waals surface area contributed by atoms with E-state index in [1.165, 1.54) is 41.5 Å². The number of nitriles is 1. The second-order valence-electron chi connectivity index (χ2n) is 30.3. The van der Waals surface area contributed by atoms with Crippen LogP contribution in [0.4, 0.5) is 39.8 Å². The maximum atomic E-state index is 11.4. The lowest BCUT2D eigenvalue weighted by Gasteiger charge is -2.46. The molecule has 0 radical (unpaired) electrons. The Kier molecular flexibility index (Phi) is 18.5. The lowest BCUT2D eigenvalue weighted by Crippen LogP contribution is -2.74. The normalized spacial score (nSPS) is 12.0. The molecule has 18 aromatic rings. The number of rotatable bonds is 17. The van der Waals surface area contributed by atoms with Crippen molar-refractivity contribution >= 4 is 121 Å². The summed E-state index contributed by atoms with van der Waals surface area (Å²) in [5.41, 5.74) is 24.4. The highest BCUT2D eigenvalue weighted by molar-refractivity contribution is 7.20. The number of fused-ring (bicyclic) bond motifs is 4. The van der Waals surface area contributed by atoms with E-state index >= 15 is 0 Å². The maximum Gasteiger partial charge on any atom is 0.252 e. The minimum atomic E-state index is -3.05. The van der Waals surface area contributed by atoms with Gasteiger partial charge in [0, 0.05) is 33.9 Å². The van der Waals surface area contributed by atoms with Gasteiger partial charge >= 0.3 is 0 Å². The number of benzene rings is 18. The number of nitrogens with zero attached hydrogens (tertiary/aromatic N) is 4. The van der Waals surface area contributed by atoms with Gasteiger partial charge in [0.05, 0.1) is 29.6 Å². The van der Waals surface area contributed by atoms with E-state index in [9.17, 15) is 5.26 Å². The molecule has 0 spiro atoms. The van der Waals surface area contributed by atoms with Crippen molar-refractivity contribution in [2.45, 2.75) is 0 Å². The molecule has 0 unspecified atom stereocenters. The summed E-state index contributed by atoms with van der Waals surface area (Å²) in [7, 11) is -6.10. The van der Waals surface area contributed by atoms with E-state index in [2.05, 4.69) is 476 Å². The molecule has 7 heteroatoms. The monoisotopic (exact) mass is 1520 g/mol. The third-order valence-electron chi connectivity index (χ3n) is 23.9. The fraction of sp³-hybridized carbons (Fsp3) is 0. The van der Waals surface area contributed by atoms with Crippen molar-refractivity contribution < 1.29 is 0 Å². The first-order valence-corrected chi connectivity index (χ1v) is 44.0. The molecule has 0 bridgehead atoms. The predicted octanol–water partition coefficient (Wildman–Crippen LogP) is 20.6. The molecule has 0 aromatic heterocycles. The van der Waals surface area contributed by atoms with Gasteiger partial charge in [-0.2, -0.15) is 5.26 Å². The average Bonchev–Trinajstić information content (AvgIpc) is 0.686. The molecule has 0 atom stereocenters. The molecule has 0 N–H and O–H groups in total. The van der Waals surface area contributed by atoms with E-state index in [0.717, 1.165) is 128 Å². The van der Waals surface area contributed by atoms with Crippen LogP contribution in [0.25, 0.3) is 82.7 Å². The molecule has 546 valence electrons. The Morgan fingerprint density at radius 3 is 0.803 bits per heavy atom. The molecular formula is C110H75BN4Si2. The lowest BCUT2D eigenvalue weighted by atomic mass is 9.33. The molecule has 4 nitrogen and oxygen atoms in total. The minimum Gasteiger partial charge on any atom is -0.310 e. The summed E-state index contributed by atoms with van der Waals surface area (Å²) in [5, 5.41) is 21.8. The number of hydrogen-bond acceptors (Lipinski definition) is 3. The summed E-state index contributed by atoms with van der Waals surface area (Å²) in [6, 6.07) is 170. The van der Waals surface area contributed by atoms with Gasteiger partial charge < -0.3 is 9.80 Å². The number of hydrogen-bond donors (Lipinski definition) is 0. The summed E-state index contributed by atoms with van der Waals surface area (Å²) >= 11 is 0. The molecule has 0 amide bonds. The van der Waals surface area contributed by atoms with E-state index in [1.54, 1.807) is 0 Å². The highest BCUT2D eigenvalue weighted by Gasteiger charge is 2.48. The molecule has 18 aromatic carbocycles. The van der Waals surface area contributed by atoms with Gasteiger partial charge in [-0.1, -0.05) is 406 Å². The highest BCUT2D eigenvalue weighted by Crippen LogP contribution is 2.55. The molecule has 0 fully saturated rings. The van der Waals surface area contributed by atoms with Gasteiger partial charge in [0.15, 0.2) is 21.8 Å². The molecular weight excluding hydrogens is 1440 g/mol. The van der Waals surface area contributed by atoms with Crippen molar-refractivity contribution in [2.75, 3.05) is 9.80 Å². The standard InChI is InChI=1S/C110H75BN4Si2/c1-113-89-75-100(82-43-19-5-20-44-82)110(101(76-89)83-45-21-6-22-46-83)115-105-66-64-87(85-48-36-62-97(70-85)117(93-55-29-10-30-56-93,94-57-31-11-32-58-94)95-59-33-12-34-60-95)72-103(105)111-102-71-86(84-47-35-61-96(69-84)116(90-49-23-7-24-50-90,91-51-25-8-26-52-91)92-53-27-9-28-54-92)63-65-104(102)114(106-73-88(74-107(115)108(106)111)79-37-13-2-14-38-79)109-98(80-39-15-3-16-40-80)67-78(77-112)68-99(109)81-41-17-4-18-42-81/h2-76H. The Morgan fingerprint density at radius 2 is 0.504 bits per heavy atom. The zero-order valence-electron chi connectivity index (χ0n) is 64.2. The molecule has 2 aliphatic rings. The van der Waals surface area contributed by atoms with Crippen LogP contribution in [0.3, 0.4) is 0 Å². The molecule has 2 aliphatic heterocycles. The molecule has 0 saturated heterocycles. The fourth-order valence-corrected chi connectivity index (χ4v) is 28.4. The molecule has 2 heterocycles. The quantitative estimate of drug-likeness (QED) is 0.0518. The van der Waals surface area contributed by atoms with Crippen LogP contribution in [-0.2, 0) is 0 Å². The van der Waals surface area contributed by atoms with Crippen molar-refractivity contribution in [3.8, 4) is 84.0 Å². The first-order valence-electron chi connectivity index (χ1n) is 40.0. The fourth-order valence-electron chi connectivity index (χ4n) is 18.9. The van der Waals surface area contributed by atoms with E-state index < -0.39 is 22.9 Å². The summed E-state index contributed by atoms with van der Waals surface area (Å²) in [6.07, 6.45) is 0. The number of anilines is 6. The van der Waals surface area contributed by atoms with Crippen LogP contribution < -0.4 is 67.7 Å². The SMILES string of the molecule is [C-]#[N+]c1cc(-c2ccccc2)c(N2c3ccc(-c4cccc([Si](c5ccccc5)(c5ccccc5)c5ccccc5)c4)cc3B3c4cc(-c5cccc([Si](c6ccccc6)(c6ccccc6)c6ccccc6)c5)ccc4N(c4c(-c5ccccc5)cc(C#N)cc4-c4ccccc4)c4cc(-c5ccccc5)cc2c43)c(-c2ccccc2)c1. The summed E-state index contributed by atoms with van der Waals surface area (Å²) < 4.78 is 0. The third kappa shape index (κ3) is 12.4. The Balaban J connectivity index is 0.934. The molecule has 0 saturated carbocycles. The Bertz CT molecular complexity index is 6110. The summed E-state index contributed by atoms with van der Waals surface area (Å²) in [6.45, 7) is 8.49. The highest BCUT2D eigenvalue weighted by atomic mass is 28.3. The van der Waals surface area contributed by atoms with Crippen LogP contribution in [0, 0.1) is 17.9 Å². The third-order valence-corrected chi connectivity index (χ3v) is 33.5. The van der Waals surface area contributed by atoms with Crippen molar-refractivity contribution in [3.05, 3.63) is 472 Å². The lowest BCUT2D eigenvalue weighted by molar-refractivity contribution is 1.25. The Labute approximate surface area is 686 Å². The van der Waals surface area contributed by atoms with Crippen molar-refractivity contribution in [2.24, 2.45) is 0 Å². The Hall–Kier alpha value is -15.0. The van der Waals surface area contributed by atoms with Crippen LogP contribution in [0.5, 0.6) is 0 Å².